The number of rotatable bonds is 7. The monoisotopic (exact) mass is 536 g/mol. The van der Waals surface area contributed by atoms with Gasteiger partial charge in [0.05, 0.1) is 23.0 Å². The Balaban J connectivity index is 1.51. The second-order valence-electron chi connectivity index (χ2n) is 10.1. The third-order valence-electron chi connectivity index (χ3n) is 7.05. The van der Waals surface area contributed by atoms with Crippen molar-refractivity contribution in [1.29, 1.82) is 5.26 Å². The van der Waals surface area contributed by atoms with E-state index in [1.807, 2.05) is 23.7 Å². The predicted molar refractivity (Wildman–Crippen MR) is 137 cm³/mol. The molecule has 4 aromatic rings. The van der Waals surface area contributed by atoms with E-state index < -0.39 is 11.8 Å². The van der Waals surface area contributed by atoms with Gasteiger partial charge in [-0.2, -0.15) is 28.6 Å². The summed E-state index contributed by atoms with van der Waals surface area (Å²) in [5, 5.41) is 31.8. The number of aryl methyl sites for hydroxylation is 1. The number of benzene rings is 1. The molecule has 1 aromatic carbocycles. The van der Waals surface area contributed by atoms with Crippen molar-refractivity contribution in [3.63, 3.8) is 0 Å². The lowest BCUT2D eigenvalue weighted by Gasteiger charge is -2.26. The number of hydrogen-bond donors (Lipinski definition) is 2. The van der Waals surface area contributed by atoms with Crippen molar-refractivity contribution in [1.82, 2.24) is 29.5 Å². The molecule has 1 aliphatic rings. The van der Waals surface area contributed by atoms with E-state index in [0.29, 0.717) is 17.3 Å². The Morgan fingerprint density at radius 3 is 2.41 bits per heavy atom. The van der Waals surface area contributed by atoms with E-state index in [-0.39, 0.29) is 22.8 Å². The molecule has 1 atom stereocenters. The van der Waals surface area contributed by atoms with Crippen LogP contribution in [0.25, 0.3) is 17.1 Å². The highest BCUT2D eigenvalue weighted by atomic mass is 19.4. The van der Waals surface area contributed by atoms with Crippen molar-refractivity contribution in [2.24, 2.45) is 5.92 Å². The van der Waals surface area contributed by atoms with Crippen molar-refractivity contribution in [2.45, 2.75) is 58.9 Å². The number of hydrogen-bond acceptors (Lipinski definition) is 7. The van der Waals surface area contributed by atoms with Crippen molar-refractivity contribution in [2.75, 3.05) is 5.32 Å². The van der Waals surface area contributed by atoms with Crippen LogP contribution in [-0.2, 0) is 12.1 Å². The molecule has 1 aliphatic carbocycles. The van der Waals surface area contributed by atoms with Gasteiger partial charge in [-0.05, 0) is 58.6 Å². The zero-order chi connectivity index (χ0) is 28.1. The molecule has 9 nitrogen and oxygen atoms in total. The molecular weight excluding hydrogens is 509 g/mol. The molecular formula is C27H27F3N8O. The van der Waals surface area contributed by atoms with Crippen LogP contribution in [0.2, 0.25) is 0 Å². The molecule has 0 radical (unpaired) electrons. The third-order valence-corrected chi connectivity index (χ3v) is 7.05. The van der Waals surface area contributed by atoms with Crippen molar-refractivity contribution < 1.29 is 18.3 Å². The molecule has 3 heterocycles. The smallest absolute Gasteiger partial charge is 0.376 e. The summed E-state index contributed by atoms with van der Waals surface area (Å²) >= 11 is 0. The highest BCUT2D eigenvalue weighted by molar-refractivity contribution is 5.72. The molecule has 1 saturated carbocycles. The average molecular weight is 537 g/mol. The lowest BCUT2D eigenvalue weighted by molar-refractivity contribution is -0.259. The van der Waals surface area contributed by atoms with Crippen LogP contribution in [0.5, 0.6) is 0 Å². The predicted octanol–water partition coefficient (Wildman–Crippen LogP) is 5.25. The molecule has 0 amide bonds. The fraction of sp³-hybridized carbons (Fsp3) is 0.370. The van der Waals surface area contributed by atoms with Crippen LogP contribution in [0.1, 0.15) is 47.8 Å². The Kier molecular flexibility index (Phi) is 6.42. The van der Waals surface area contributed by atoms with Gasteiger partial charge in [0, 0.05) is 35.0 Å². The van der Waals surface area contributed by atoms with Gasteiger partial charge in [0.1, 0.15) is 18.0 Å². The van der Waals surface area contributed by atoms with Crippen LogP contribution in [0.3, 0.4) is 0 Å². The number of aromatic nitrogens is 6. The minimum absolute atomic E-state index is 0.0494. The van der Waals surface area contributed by atoms with E-state index in [1.54, 1.807) is 18.2 Å². The number of nitrogens with one attached hydrogen (secondary N) is 1. The molecule has 0 spiro atoms. The largest absolute Gasteiger partial charge is 0.421 e. The molecule has 0 saturated heterocycles. The zero-order valence-electron chi connectivity index (χ0n) is 21.9. The molecule has 3 aromatic heterocycles. The van der Waals surface area contributed by atoms with E-state index in [9.17, 15) is 18.3 Å². The van der Waals surface area contributed by atoms with Crippen LogP contribution < -0.4 is 5.32 Å². The Morgan fingerprint density at radius 1 is 1.10 bits per heavy atom. The van der Waals surface area contributed by atoms with E-state index in [4.69, 9.17) is 10.4 Å². The van der Waals surface area contributed by atoms with E-state index in [2.05, 4.69) is 26.5 Å². The Bertz CT molecular complexity index is 1570. The zero-order valence-corrected chi connectivity index (χ0v) is 21.9. The van der Waals surface area contributed by atoms with Crippen LogP contribution >= 0.6 is 0 Å². The summed E-state index contributed by atoms with van der Waals surface area (Å²) in [6.07, 6.45) is -1.32. The fourth-order valence-electron chi connectivity index (χ4n) is 4.73. The van der Waals surface area contributed by atoms with Gasteiger partial charge in [-0.1, -0.05) is 12.1 Å². The van der Waals surface area contributed by atoms with Gasteiger partial charge in [-0.25, -0.2) is 19.3 Å². The van der Waals surface area contributed by atoms with Crippen LogP contribution in [0.4, 0.5) is 24.8 Å². The molecule has 0 bridgehead atoms. The summed E-state index contributed by atoms with van der Waals surface area (Å²) in [6, 6.07) is 10.9. The van der Waals surface area contributed by atoms with Gasteiger partial charge in [-0.3, -0.25) is 0 Å². The molecule has 202 valence electrons. The molecule has 39 heavy (non-hydrogen) atoms. The summed E-state index contributed by atoms with van der Waals surface area (Å²) in [5.74, 6) is 1.92. The molecule has 2 N–H and O–H groups in total. The van der Waals surface area contributed by atoms with E-state index >= 15 is 0 Å². The molecule has 1 fully saturated rings. The molecule has 5 rings (SSSR count). The second-order valence-corrected chi connectivity index (χ2v) is 10.1. The van der Waals surface area contributed by atoms with Crippen LogP contribution in [0.15, 0.2) is 36.7 Å². The van der Waals surface area contributed by atoms with Gasteiger partial charge in [0.2, 0.25) is 0 Å². The second kappa shape index (κ2) is 9.50. The molecule has 1 unspecified atom stereocenters. The van der Waals surface area contributed by atoms with E-state index in [1.165, 1.54) is 24.9 Å². The maximum absolute atomic E-state index is 13.6. The van der Waals surface area contributed by atoms with Gasteiger partial charge < -0.3 is 10.4 Å². The quantitative estimate of drug-likeness (QED) is 0.331. The maximum atomic E-state index is 13.6. The fourth-order valence-corrected chi connectivity index (χ4v) is 4.73. The van der Waals surface area contributed by atoms with Gasteiger partial charge in [0.15, 0.2) is 11.4 Å². The normalized spacial score (nSPS) is 15.2. The number of aliphatic hydroxyl groups is 1. The third kappa shape index (κ3) is 4.85. The highest BCUT2D eigenvalue weighted by Crippen LogP contribution is 2.41. The average Bonchev–Trinajstić information content (AvgIpc) is 3.59. The first kappa shape index (κ1) is 26.4. The minimum Gasteiger partial charge on any atom is -0.376 e. The SMILES string of the molecule is Cc1nn(-c2cc(Nc3c(C)c(-c4ccc(C#N)cc4)nn3CC3CC3)ncn2)c(C)c1C(C)(O)C(F)(F)F. The highest BCUT2D eigenvalue weighted by Gasteiger charge is 2.53. The Labute approximate surface area is 222 Å². The first-order chi connectivity index (χ1) is 18.4. The number of halogens is 3. The van der Waals surface area contributed by atoms with Gasteiger partial charge >= 0.3 is 6.18 Å². The number of anilines is 2. The number of alkyl halides is 3. The summed E-state index contributed by atoms with van der Waals surface area (Å²) in [7, 11) is 0. The maximum Gasteiger partial charge on any atom is 0.421 e. The van der Waals surface area contributed by atoms with Crippen LogP contribution in [0, 0.1) is 38.0 Å². The van der Waals surface area contributed by atoms with Crippen molar-refractivity contribution in [3.05, 3.63) is 64.7 Å². The first-order valence-corrected chi connectivity index (χ1v) is 12.4. The topological polar surface area (TPSA) is 117 Å². The van der Waals surface area contributed by atoms with Gasteiger partial charge in [-0.15, -0.1) is 0 Å². The Morgan fingerprint density at radius 2 is 1.79 bits per heavy atom. The molecule has 12 heteroatoms. The van der Waals surface area contributed by atoms with Crippen molar-refractivity contribution in [3.8, 4) is 23.1 Å². The van der Waals surface area contributed by atoms with Crippen molar-refractivity contribution >= 4 is 11.6 Å². The first-order valence-electron chi connectivity index (χ1n) is 12.4. The number of nitriles is 1. The summed E-state index contributed by atoms with van der Waals surface area (Å²) in [6.45, 7) is 6.27. The van der Waals surface area contributed by atoms with E-state index in [0.717, 1.165) is 48.9 Å². The summed E-state index contributed by atoms with van der Waals surface area (Å²) in [4.78, 5) is 8.54. The summed E-state index contributed by atoms with van der Waals surface area (Å²) in [5.41, 5.74) is -0.116. The minimum atomic E-state index is -4.88. The molecule has 0 aliphatic heterocycles. The van der Waals surface area contributed by atoms with Gasteiger partial charge in [0.25, 0.3) is 0 Å². The van der Waals surface area contributed by atoms with Crippen LogP contribution in [-0.4, -0.2) is 40.8 Å². The lowest BCUT2D eigenvalue weighted by atomic mass is 9.93. The lowest BCUT2D eigenvalue weighted by Crippen LogP contribution is -2.40. The Hall–Kier alpha value is -4.24. The summed E-state index contributed by atoms with van der Waals surface area (Å²) < 4.78 is 43.9. The number of nitrogens with zero attached hydrogens (tertiary/aromatic N) is 7. The standard InChI is InChI=1S/C27H27F3N8O/c1-15-24(20-9-7-18(12-31)8-10-20)36-37(13-19-5-6-19)25(15)34-21-11-22(33-14-32-21)38-17(3)23(16(2)35-38)26(4,39)27(28,29)30/h7-11,14,19,39H,5-6,13H2,1-4H3,(H,32,33,34).